The quantitative estimate of drug-likeness (QED) is 0.573. The average molecular weight is 351 g/mol. The molecule has 0 bridgehead atoms. The molecule has 3 aliphatic heterocycles. The Morgan fingerprint density at radius 1 is 1.08 bits per heavy atom. The van der Waals surface area contributed by atoms with Crippen LogP contribution in [0.5, 0.6) is 0 Å². The van der Waals surface area contributed by atoms with Crippen molar-refractivity contribution in [2.75, 3.05) is 65.5 Å². The minimum Gasteiger partial charge on any atom is -0.368 e. The van der Waals surface area contributed by atoms with E-state index < -0.39 is 0 Å². The van der Waals surface area contributed by atoms with Crippen LogP contribution in [0.2, 0.25) is 0 Å². The molecule has 0 saturated carbocycles. The van der Waals surface area contributed by atoms with Crippen LogP contribution in [0.25, 0.3) is 0 Å². The Bertz CT molecular complexity index is 450. The van der Waals surface area contributed by atoms with Gasteiger partial charge in [0.15, 0.2) is 5.96 Å². The lowest BCUT2D eigenvalue weighted by Crippen LogP contribution is -2.55. The van der Waals surface area contributed by atoms with Crippen molar-refractivity contribution in [3.63, 3.8) is 0 Å². The Hall–Kier alpha value is -1.34. The maximum absolute atomic E-state index is 12.5. The molecule has 0 aromatic heterocycles. The van der Waals surface area contributed by atoms with Gasteiger partial charge in [0.2, 0.25) is 0 Å². The molecule has 3 rings (SSSR count). The number of hydrogen-bond acceptors (Lipinski definition) is 4. The Morgan fingerprint density at radius 2 is 1.80 bits per heavy atom. The third kappa shape index (κ3) is 5.07. The second-order valence-electron chi connectivity index (χ2n) is 7.10. The molecular weight excluding hydrogens is 318 g/mol. The molecule has 3 heterocycles. The molecule has 3 saturated heterocycles. The van der Waals surface area contributed by atoms with E-state index in [4.69, 9.17) is 9.73 Å². The predicted octanol–water partition coefficient (Wildman–Crippen LogP) is 0.371. The number of piperazine rings is 1. The molecular formula is C18H33N5O2. The molecule has 0 spiro atoms. The van der Waals surface area contributed by atoms with E-state index in [9.17, 15) is 4.79 Å². The Balaban J connectivity index is 1.46. The number of ether oxygens (including phenoxy) is 1. The van der Waals surface area contributed by atoms with Gasteiger partial charge in [-0.1, -0.05) is 0 Å². The van der Waals surface area contributed by atoms with E-state index in [1.807, 2.05) is 4.90 Å². The van der Waals surface area contributed by atoms with E-state index in [0.717, 1.165) is 71.2 Å². The summed E-state index contributed by atoms with van der Waals surface area (Å²) in [5.74, 6) is 1.17. The SMILES string of the molecule is CCNC(=NCCN1CCCC1)N1CCN(C(=O)C2CCCO2)CC1. The van der Waals surface area contributed by atoms with Crippen LogP contribution >= 0.6 is 0 Å². The summed E-state index contributed by atoms with van der Waals surface area (Å²) >= 11 is 0. The summed E-state index contributed by atoms with van der Waals surface area (Å²) < 4.78 is 5.54. The van der Waals surface area contributed by atoms with Crippen LogP contribution in [0, 0.1) is 0 Å². The highest BCUT2D eigenvalue weighted by Crippen LogP contribution is 2.16. The van der Waals surface area contributed by atoms with Crippen LogP contribution < -0.4 is 5.32 Å². The number of hydrogen-bond donors (Lipinski definition) is 1. The van der Waals surface area contributed by atoms with E-state index in [1.165, 1.54) is 25.9 Å². The number of amides is 1. The molecule has 142 valence electrons. The summed E-state index contributed by atoms with van der Waals surface area (Å²) in [5.41, 5.74) is 0. The molecule has 1 amide bonds. The van der Waals surface area contributed by atoms with Crippen LogP contribution in [0.15, 0.2) is 4.99 Å². The van der Waals surface area contributed by atoms with Gasteiger partial charge in [-0.15, -0.1) is 0 Å². The standard InChI is InChI=1S/C18H33N5O2/c1-2-19-18(20-7-10-21-8-3-4-9-21)23-13-11-22(12-14-23)17(24)16-6-5-15-25-16/h16H,2-15H2,1H3,(H,19,20). The van der Waals surface area contributed by atoms with Crippen LogP contribution in [0.1, 0.15) is 32.6 Å². The first-order valence-corrected chi connectivity index (χ1v) is 9.94. The van der Waals surface area contributed by atoms with Crippen LogP contribution in [0.3, 0.4) is 0 Å². The molecule has 1 atom stereocenters. The number of rotatable bonds is 5. The summed E-state index contributed by atoms with van der Waals surface area (Å²) in [4.78, 5) is 24.0. The van der Waals surface area contributed by atoms with Crippen molar-refractivity contribution in [1.29, 1.82) is 0 Å². The zero-order chi connectivity index (χ0) is 17.5. The first-order chi connectivity index (χ1) is 12.3. The van der Waals surface area contributed by atoms with Crippen molar-refractivity contribution < 1.29 is 9.53 Å². The zero-order valence-electron chi connectivity index (χ0n) is 15.6. The molecule has 0 radical (unpaired) electrons. The lowest BCUT2D eigenvalue weighted by atomic mass is 10.2. The van der Waals surface area contributed by atoms with E-state index in [2.05, 4.69) is 22.0 Å². The van der Waals surface area contributed by atoms with Gasteiger partial charge >= 0.3 is 0 Å². The number of nitrogens with one attached hydrogen (secondary N) is 1. The van der Waals surface area contributed by atoms with Gasteiger partial charge in [-0.2, -0.15) is 0 Å². The van der Waals surface area contributed by atoms with Crippen molar-refractivity contribution >= 4 is 11.9 Å². The van der Waals surface area contributed by atoms with E-state index >= 15 is 0 Å². The summed E-state index contributed by atoms with van der Waals surface area (Å²) in [7, 11) is 0. The van der Waals surface area contributed by atoms with Gasteiger partial charge in [-0.25, -0.2) is 0 Å². The minimum absolute atomic E-state index is 0.174. The van der Waals surface area contributed by atoms with Gasteiger partial charge in [-0.05, 0) is 45.7 Å². The Kier molecular flexibility index (Phi) is 6.93. The maximum atomic E-state index is 12.5. The number of likely N-dealkylation sites (tertiary alicyclic amines) is 1. The van der Waals surface area contributed by atoms with E-state index in [-0.39, 0.29) is 12.0 Å². The summed E-state index contributed by atoms with van der Waals surface area (Å²) in [6.07, 6.45) is 4.33. The molecule has 3 aliphatic rings. The molecule has 0 aromatic rings. The predicted molar refractivity (Wildman–Crippen MR) is 98.8 cm³/mol. The fourth-order valence-corrected chi connectivity index (χ4v) is 3.84. The van der Waals surface area contributed by atoms with Crippen LogP contribution in [0.4, 0.5) is 0 Å². The summed E-state index contributed by atoms with van der Waals surface area (Å²) in [5, 5.41) is 3.41. The van der Waals surface area contributed by atoms with Gasteiger partial charge in [0.25, 0.3) is 5.91 Å². The molecule has 3 fully saturated rings. The van der Waals surface area contributed by atoms with Crippen molar-refractivity contribution in [2.24, 2.45) is 4.99 Å². The van der Waals surface area contributed by atoms with Crippen LogP contribution in [-0.2, 0) is 9.53 Å². The third-order valence-corrected chi connectivity index (χ3v) is 5.31. The van der Waals surface area contributed by atoms with Crippen molar-refractivity contribution in [2.45, 2.75) is 38.7 Å². The van der Waals surface area contributed by atoms with Gasteiger partial charge in [0.05, 0.1) is 6.54 Å². The first kappa shape index (κ1) is 18.5. The highest BCUT2D eigenvalue weighted by Gasteiger charge is 2.30. The van der Waals surface area contributed by atoms with Crippen molar-refractivity contribution in [3.05, 3.63) is 0 Å². The van der Waals surface area contributed by atoms with E-state index in [0.29, 0.717) is 0 Å². The van der Waals surface area contributed by atoms with Crippen LogP contribution in [-0.4, -0.2) is 98.2 Å². The largest absolute Gasteiger partial charge is 0.368 e. The maximum Gasteiger partial charge on any atom is 0.251 e. The lowest BCUT2D eigenvalue weighted by Gasteiger charge is -2.37. The van der Waals surface area contributed by atoms with Gasteiger partial charge < -0.3 is 24.8 Å². The Labute approximate surface area is 151 Å². The summed E-state index contributed by atoms with van der Waals surface area (Å²) in [6, 6.07) is 0. The second-order valence-corrected chi connectivity index (χ2v) is 7.10. The Morgan fingerprint density at radius 3 is 2.44 bits per heavy atom. The number of aliphatic imine (C=N–C) groups is 1. The number of guanidine groups is 1. The lowest BCUT2D eigenvalue weighted by molar-refractivity contribution is -0.142. The molecule has 0 aliphatic carbocycles. The first-order valence-electron chi connectivity index (χ1n) is 9.94. The fourth-order valence-electron chi connectivity index (χ4n) is 3.84. The monoisotopic (exact) mass is 351 g/mol. The molecule has 1 unspecified atom stereocenters. The van der Waals surface area contributed by atoms with Gasteiger partial charge in [0, 0.05) is 45.9 Å². The number of nitrogens with zero attached hydrogens (tertiary/aromatic N) is 4. The normalized spacial score (nSPS) is 25.6. The highest BCUT2D eigenvalue weighted by atomic mass is 16.5. The smallest absolute Gasteiger partial charge is 0.251 e. The zero-order valence-corrected chi connectivity index (χ0v) is 15.6. The second kappa shape index (κ2) is 9.38. The molecule has 7 nitrogen and oxygen atoms in total. The van der Waals surface area contributed by atoms with Gasteiger partial charge in [-0.3, -0.25) is 9.79 Å². The summed E-state index contributed by atoms with van der Waals surface area (Å²) in [6.45, 7) is 11.2. The van der Waals surface area contributed by atoms with Crippen molar-refractivity contribution in [1.82, 2.24) is 20.0 Å². The number of carbonyl (C=O) groups excluding carboxylic acids is 1. The topological polar surface area (TPSA) is 60.4 Å². The van der Waals surface area contributed by atoms with Gasteiger partial charge in [0.1, 0.15) is 6.10 Å². The van der Waals surface area contributed by atoms with E-state index in [1.54, 1.807) is 0 Å². The molecule has 7 heteroatoms. The molecule has 1 N–H and O–H groups in total. The number of carbonyl (C=O) groups is 1. The fraction of sp³-hybridized carbons (Fsp3) is 0.889. The van der Waals surface area contributed by atoms with Crippen molar-refractivity contribution in [3.8, 4) is 0 Å². The molecule has 25 heavy (non-hydrogen) atoms. The highest BCUT2D eigenvalue weighted by molar-refractivity contribution is 5.82. The third-order valence-electron chi connectivity index (χ3n) is 5.31. The molecule has 0 aromatic carbocycles. The minimum atomic E-state index is -0.200. The average Bonchev–Trinajstić information content (AvgIpc) is 3.34.